The van der Waals surface area contributed by atoms with E-state index in [1.807, 2.05) is 19.2 Å². The summed E-state index contributed by atoms with van der Waals surface area (Å²) < 4.78 is 5.08. The van der Waals surface area contributed by atoms with E-state index in [1.54, 1.807) is 7.11 Å². The van der Waals surface area contributed by atoms with Crippen molar-refractivity contribution in [2.24, 2.45) is 0 Å². The van der Waals surface area contributed by atoms with Gasteiger partial charge in [0.15, 0.2) is 0 Å². The standard InChI is InChI=1S/C11H19N3O/c1-4-5-8-14(2)10-7-6-9(12)11(13-10)15-3/h6-7H,4-5,8,12H2,1-3H3. The summed E-state index contributed by atoms with van der Waals surface area (Å²) in [5, 5.41) is 0. The molecule has 0 bridgehead atoms. The van der Waals surface area contributed by atoms with Crippen molar-refractivity contribution >= 4 is 11.5 Å². The van der Waals surface area contributed by atoms with Crippen LogP contribution in [0.15, 0.2) is 12.1 Å². The quantitative estimate of drug-likeness (QED) is 0.804. The molecular weight excluding hydrogens is 190 g/mol. The summed E-state index contributed by atoms with van der Waals surface area (Å²) >= 11 is 0. The Morgan fingerprint density at radius 3 is 2.80 bits per heavy atom. The van der Waals surface area contributed by atoms with Gasteiger partial charge in [-0.25, -0.2) is 0 Å². The lowest BCUT2D eigenvalue weighted by molar-refractivity contribution is 0.400. The predicted molar refractivity (Wildman–Crippen MR) is 63.4 cm³/mol. The number of aromatic nitrogens is 1. The van der Waals surface area contributed by atoms with Crippen molar-refractivity contribution in [3.05, 3.63) is 12.1 Å². The molecule has 0 amide bonds. The number of rotatable bonds is 5. The van der Waals surface area contributed by atoms with E-state index in [0.717, 1.165) is 18.8 Å². The van der Waals surface area contributed by atoms with Crippen LogP contribution in [0.1, 0.15) is 19.8 Å². The second-order valence-corrected chi connectivity index (χ2v) is 3.54. The molecule has 0 aromatic carbocycles. The Morgan fingerprint density at radius 2 is 2.20 bits per heavy atom. The summed E-state index contributed by atoms with van der Waals surface area (Å²) in [6.07, 6.45) is 2.33. The lowest BCUT2D eigenvalue weighted by atomic mass is 10.3. The highest BCUT2D eigenvalue weighted by Crippen LogP contribution is 2.22. The Morgan fingerprint density at radius 1 is 1.47 bits per heavy atom. The molecule has 4 heteroatoms. The molecule has 84 valence electrons. The molecule has 0 aliphatic rings. The molecular formula is C11H19N3O. The first-order chi connectivity index (χ1) is 7.19. The molecule has 0 aliphatic heterocycles. The third-order valence-electron chi connectivity index (χ3n) is 2.31. The fraction of sp³-hybridized carbons (Fsp3) is 0.545. The number of anilines is 2. The van der Waals surface area contributed by atoms with E-state index in [0.29, 0.717) is 11.6 Å². The van der Waals surface area contributed by atoms with E-state index in [4.69, 9.17) is 10.5 Å². The summed E-state index contributed by atoms with van der Waals surface area (Å²) in [6, 6.07) is 3.73. The Balaban J connectivity index is 2.76. The van der Waals surface area contributed by atoms with Crippen LogP contribution in [0.25, 0.3) is 0 Å². The Hall–Kier alpha value is -1.45. The van der Waals surface area contributed by atoms with E-state index in [-0.39, 0.29) is 0 Å². The third kappa shape index (κ3) is 3.01. The molecule has 2 N–H and O–H groups in total. The van der Waals surface area contributed by atoms with E-state index in [1.165, 1.54) is 6.42 Å². The van der Waals surface area contributed by atoms with Gasteiger partial charge in [-0.05, 0) is 18.6 Å². The lowest BCUT2D eigenvalue weighted by Crippen LogP contribution is -2.19. The number of hydrogen-bond acceptors (Lipinski definition) is 4. The first-order valence-corrected chi connectivity index (χ1v) is 5.20. The fourth-order valence-electron chi connectivity index (χ4n) is 1.33. The van der Waals surface area contributed by atoms with Crippen LogP contribution < -0.4 is 15.4 Å². The molecule has 1 aromatic heterocycles. The minimum atomic E-state index is 0.496. The number of pyridine rings is 1. The number of ether oxygens (including phenoxy) is 1. The van der Waals surface area contributed by atoms with Crippen LogP contribution >= 0.6 is 0 Å². The summed E-state index contributed by atoms with van der Waals surface area (Å²) in [5.74, 6) is 1.39. The van der Waals surface area contributed by atoms with Crippen LogP contribution in [0, 0.1) is 0 Å². The van der Waals surface area contributed by atoms with Gasteiger partial charge in [0.1, 0.15) is 5.82 Å². The molecule has 0 unspecified atom stereocenters. The van der Waals surface area contributed by atoms with Gasteiger partial charge in [-0.1, -0.05) is 13.3 Å². The molecule has 0 fully saturated rings. The van der Waals surface area contributed by atoms with Gasteiger partial charge in [0.2, 0.25) is 5.88 Å². The van der Waals surface area contributed by atoms with Gasteiger partial charge in [0, 0.05) is 13.6 Å². The SMILES string of the molecule is CCCCN(C)c1ccc(N)c(OC)n1. The fourth-order valence-corrected chi connectivity index (χ4v) is 1.33. The van der Waals surface area contributed by atoms with Gasteiger partial charge in [-0.2, -0.15) is 4.98 Å². The number of hydrogen-bond donors (Lipinski definition) is 1. The van der Waals surface area contributed by atoms with Crippen LogP contribution in [-0.4, -0.2) is 25.7 Å². The zero-order valence-electron chi connectivity index (χ0n) is 9.66. The molecule has 0 aliphatic carbocycles. The summed E-state index contributed by atoms with van der Waals surface area (Å²) in [7, 11) is 3.60. The smallest absolute Gasteiger partial charge is 0.238 e. The molecule has 0 saturated heterocycles. The van der Waals surface area contributed by atoms with Crippen LogP contribution in [0.2, 0.25) is 0 Å². The zero-order chi connectivity index (χ0) is 11.3. The highest BCUT2D eigenvalue weighted by Gasteiger charge is 2.06. The molecule has 1 aromatic rings. The van der Waals surface area contributed by atoms with Crippen molar-refractivity contribution < 1.29 is 4.74 Å². The topological polar surface area (TPSA) is 51.4 Å². The van der Waals surface area contributed by atoms with Crippen molar-refractivity contribution in [1.82, 2.24) is 4.98 Å². The summed E-state index contributed by atoms with van der Waals surface area (Å²) in [4.78, 5) is 6.42. The maximum Gasteiger partial charge on any atom is 0.238 e. The summed E-state index contributed by atoms with van der Waals surface area (Å²) in [5.41, 5.74) is 6.27. The monoisotopic (exact) mass is 209 g/mol. The van der Waals surface area contributed by atoms with Crippen LogP contribution in [-0.2, 0) is 0 Å². The zero-order valence-corrected chi connectivity index (χ0v) is 9.66. The largest absolute Gasteiger partial charge is 0.479 e. The maximum absolute atomic E-state index is 5.69. The number of unbranched alkanes of at least 4 members (excludes halogenated alkanes) is 1. The van der Waals surface area contributed by atoms with Crippen molar-refractivity contribution in [3.63, 3.8) is 0 Å². The molecule has 4 nitrogen and oxygen atoms in total. The number of nitrogen functional groups attached to an aromatic ring is 1. The molecule has 0 radical (unpaired) electrons. The number of nitrogens with zero attached hydrogens (tertiary/aromatic N) is 2. The van der Waals surface area contributed by atoms with Crippen LogP contribution in [0.4, 0.5) is 11.5 Å². The lowest BCUT2D eigenvalue weighted by Gasteiger charge is -2.18. The molecule has 15 heavy (non-hydrogen) atoms. The van der Waals surface area contributed by atoms with Crippen LogP contribution in [0.3, 0.4) is 0 Å². The Bertz CT molecular complexity index is 315. The van der Waals surface area contributed by atoms with Crippen molar-refractivity contribution in [2.45, 2.75) is 19.8 Å². The van der Waals surface area contributed by atoms with Gasteiger partial charge in [0.05, 0.1) is 12.8 Å². The van der Waals surface area contributed by atoms with E-state index in [9.17, 15) is 0 Å². The highest BCUT2D eigenvalue weighted by atomic mass is 16.5. The van der Waals surface area contributed by atoms with Crippen molar-refractivity contribution in [3.8, 4) is 5.88 Å². The molecule has 0 saturated carbocycles. The number of nitrogens with two attached hydrogens (primary N) is 1. The normalized spacial score (nSPS) is 10.1. The minimum absolute atomic E-state index is 0.496. The predicted octanol–water partition coefficient (Wildman–Crippen LogP) is 1.91. The van der Waals surface area contributed by atoms with Crippen LogP contribution in [0.5, 0.6) is 5.88 Å². The second-order valence-electron chi connectivity index (χ2n) is 3.54. The van der Waals surface area contributed by atoms with E-state index >= 15 is 0 Å². The molecule has 1 heterocycles. The van der Waals surface area contributed by atoms with E-state index < -0.39 is 0 Å². The van der Waals surface area contributed by atoms with Gasteiger partial charge < -0.3 is 15.4 Å². The molecule has 0 spiro atoms. The highest BCUT2D eigenvalue weighted by molar-refractivity contribution is 5.54. The van der Waals surface area contributed by atoms with Crippen molar-refractivity contribution in [2.75, 3.05) is 31.3 Å². The van der Waals surface area contributed by atoms with Gasteiger partial charge in [-0.3, -0.25) is 0 Å². The number of methoxy groups -OCH3 is 1. The average Bonchev–Trinajstić information content (AvgIpc) is 2.26. The maximum atomic E-state index is 5.69. The average molecular weight is 209 g/mol. The minimum Gasteiger partial charge on any atom is -0.479 e. The van der Waals surface area contributed by atoms with E-state index in [2.05, 4.69) is 16.8 Å². The first kappa shape index (κ1) is 11.6. The third-order valence-corrected chi connectivity index (χ3v) is 2.31. The van der Waals surface area contributed by atoms with Gasteiger partial charge >= 0.3 is 0 Å². The van der Waals surface area contributed by atoms with Crippen molar-refractivity contribution in [1.29, 1.82) is 0 Å². The molecule has 1 rings (SSSR count). The summed E-state index contributed by atoms with van der Waals surface area (Å²) in [6.45, 7) is 3.17. The Labute approximate surface area is 91.1 Å². The second kappa shape index (κ2) is 5.44. The Kier molecular flexibility index (Phi) is 4.21. The molecule has 0 atom stereocenters. The van der Waals surface area contributed by atoms with Gasteiger partial charge in [-0.15, -0.1) is 0 Å². The first-order valence-electron chi connectivity index (χ1n) is 5.20. The van der Waals surface area contributed by atoms with Gasteiger partial charge in [0.25, 0.3) is 0 Å².